The summed E-state index contributed by atoms with van der Waals surface area (Å²) in [6.07, 6.45) is 9.09. The Hall–Kier alpha value is -3.56. The van der Waals surface area contributed by atoms with E-state index >= 15 is 0 Å². The summed E-state index contributed by atoms with van der Waals surface area (Å²) in [5.74, 6) is -0.226. The lowest BCUT2D eigenvalue weighted by Crippen LogP contribution is -2.30. The number of aryl methyl sites for hydroxylation is 1. The van der Waals surface area contributed by atoms with E-state index in [0.717, 1.165) is 23.2 Å². The Morgan fingerprint density at radius 2 is 2.06 bits per heavy atom. The second kappa shape index (κ2) is 10.7. The molecule has 0 fully saturated rings. The quantitative estimate of drug-likeness (QED) is 0.206. The minimum Gasteiger partial charge on any atom is -0.337 e. The number of hydrogen-bond acceptors (Lipinski definition) is 6. The highest BCUT2D eigenvalue weighted by atomic mass is 35.5. The number of fused-ring (bicyclic) bond motifs is 1. The van der Waals surface area contributed by atoms with Crippen molar-refractivity contribution >= 4 is 56.8 Å². The van der Waals surface area contributed by atoms with Crippen molar-refractivity contribution < 1.29 is 9.72 Å². The molecule has 0 unspecified atom stereocenters. The third-order valence-corrected chi connectivity index (χ3v) is 5.70. The molecule has 0 saturated carbocycles. The number of nitro benzene ring substituents is 1. The van der Waals surface area contributed by atoms with Crippen LogP contribution in [-0.4, -0.2) is 31.9 Å². The zero-order chi connectivity index (χ0) is 21.6. The Kier molecular flexibility index (Phi) is 7.69. The molecule has 8 nitrogen and oxygen atoms in total. The predicted molar refractivity (Wildman–Crippen MR) is 128 cm³/mol. The van der Waals surface area contributed by atoms with E-state index in [1.165, 1.54) is 29.5 Å². The lowest BCUT2D eigenvalue weighted by molar-refractivity contribution is -0.384. The molecule has 2 aromatic heterocycles. The van der Waals surface area contributed by atoms with Crippen LogP contribution in [0.4, 0.5) is 10.8 Å². The van der Waals surface area contributed by atoms with Gasteiger partial charge in [0, 0.05) is 43.7 Å². The van der Waals surface area contributed by atoms with Crippen LogP contribution in [0.15, 0.2) is 73.3 Å². The molecule has 4 aromatic rings. The number of thiazole rings is 1. The van der Waals surface area contributed by atoms with Crippen LogP contribution in [0.3, 0.4) is 0 Å². The molecule has 0 radical (unpaired) electrons. The molecular formula is C22H20ClN5O3S. The van der Waals surface area contributed by atoms with Gasteiger partial charge in [0.15, 0.2) is 5.13 Å². The molecule has 0 spiro atoms. The number of nitrogens with zero attached hydrogens (tertiary/aromatic N) is 5. The second-order valence-corrected chi connectivity index (χ2v) is 7.80. The number of para-hydroxylation sites is 1. The van der Waals surface area contributed by atoms with Crippen LogP contribution in [-0.2, 0) is 11.3 Å². The van der Waals surface area contributed by atoms with Gasteiger partial charge in [-0.25, -0.2) is 9.97 Å². The van der Waals surface area contributed by atoms with Crippen molar-refractivity contribution in [1.29, 1.82) is 0 Å². The van der Waals surface area contributed by atoms with Gasteiger partial charge in [-0.15, -0.1) is 12.4 Å². The third-order valence-electron chi connectivity index (χ3n) is 4.64. The molecule has 0 aliphatic carbocycles. The zero-order valence-corrected chi connectivity index (χ0v) is 18.5. The van der Waals surface area contributed by atoms with Crippen LogP contribution in [0.5, 0.6) is 0 Å². The molecule has 4 rings (SSSR count). The maximum Gasteiger partial charge on any atom is 0.270 e. The first-order valence-electron chi connectivity index (χ1n) is 9.65. The highest BCUT2D eigenvalue weighted by Crippen LogP contribution is 2.29. The highest BCUT2D eigenvalue weighted by molar-refractivity contribution is 7.22. The summed E-state index contributed by atoms with van der Waals surface area (Å²) in [6.45, 7) is 1.21. The van der Waals surface area contributed by atoms with Crippen LogP contribution in [0, 0.1) is 10.1 Å². The molecule has 1 amide bonds. The van der Waals surface area contributed by atoms with E-state index in [4.69, 9.17) is 0 Å². The second-order valence-electron chi connectivity index (χ2n) is 6.79. The largest absolute Gasteiger partial charge is 0.337 e. The average molecular weight is 470 g/mol. The van der Waals surface area contributed by atoms with Crippen LogP contribution >= 0.6 is 23.7 Å². The molecule has 2 aromatic carbocycles. The molecule has 10 heteroatoms. The number of amides is 1. The molecular weight excluding hydrogens is 450 g/mol. The van der Waals surface area contributed by atoms with Gasteiger partial charge in [-0.1, -0.05) is 35.6 Å². The normalized spacial score (nSPS) is 10.9. The van der Waals surface area contributed by atoms with Crippen molar-refractivity contribution in [3.05, 3.63) is 89.0 Å². The Labute approximate surface area is 194 Å². The molecule has 164 valence electrons. The molecule has 2 heterocycles. The monoisotopic (exact) mass is 469 g/mol. The van der Waals surface area contributed by atoms with E-state index in [1.54, 1.807) is 35.6 Å². The first-order chi connectivity index (χ1) is 15.1. The SMILES string of the molecule is Cl.O=C(/C=C/c1cccc([N+](=O)[O-])c1)N(CCCn1ccnc1)c1nc2ccccc2s1. The zero-order valence-electron chi connectivity index (χ0n) is 16.9. The number of carbonyl (C=O) groups is 1. The molecule has 0 atom stereocenters. The fourth-order valence-corrected chi connectivity index (χ4v) is 4.10. The number of nitro groups is 1. The lowest BCUT2D eigenvalue weighted by atomic mass is 10.2. The van der Waals surface area contributed by atoms with Crippen LogP contribution in [0.2, 0.25) is 0 Å². The minimum atomic E-state index is -0.456. The van der Waals surface area contributed by atoms with Gasteiger partial charge in [-0.2, -0.15) is 0 Å². The van der Waals surface area contributed by atoms with Crippen molar-refractivity contribution in [3.63, 3.8) is 0 Å². The summed E-state index contributed by atoms with van der Waals surface area (Å²) >= 11 is 1.46. The summed E-state index contributed by atoms with van der Waals surface area (Å²) < 4.78 is 2.97. The van der Waals surface area contributed by atoms with Gasteiger partial charge in [-0.3, -0.25) is 19.8 Å². The Bertz CT molecular complexity index is 1210. The molecule has 0 saturated heterocycles. The first kappa shape index (κ1) is 23.1. The fraction of sp³-hybridized carbons (Fsp3) is 0.136. The van der Waals surface area contributed by atoms with E-state index in [9.17, 15) is 14.9 Å². The van der Waals surface area contributed by atoms with Crippen LogP contribution in [0.25, 0.3) is 16.3 Å². The minimum absolute atomic E-state index is 0. The molecule has 0 aliphatic rings. The summed E-state index contributed by atoms with van der Waals surface area (Å²) in [7, 11) is 0. The molecule has 0 N–H and O–H groups in total. The molecule has 32 heavy (non-hydrogen) atoms. The van der Waals surface area contributed by atoms with Gasteiger partial charge in [0.2, 0.25) is 0 Å². The molecule has 0 bridgehead atoms. The Morgan fingerprint density at radius 3 is 2.81 bits per heavy atom. The Balaban J connectivity index is 0.00000289. The number of hydrogen-bond donors (Lipinski definition) is 0. The summed E-state index contributed by atoms with van der Waals surface area (Å²) in [5.41, 5.74) is 1.42. The van der Waals surface area contributed by atoms with Crippen molar-refractivity contribution in [2.24, 2.45) is 0 Å². The van der Waals surface area contributed by atoms with E-state index in [1.807, 2.05) is 35.0 Å². The topological polar surface area (TPSA) is 94.2 Å². The summed E-state index contributed by atoms with van der Waals surface area (Å²) in [4.78, 5) is 33.9. The van der Waals surface area contributed by atoms with Crippen molar-refractivity contribution in [3.8, 4) is 0 Å². The number of imidazole rings is 1. The van der Waals surface area contributed by atoms with Crippen LogP contribution in [0.1, 0.15) is 12.0 Å². The standard InChI is InChI=1S/C22H19N5O3S.ClH/c28-21(10-9-17-5-3-6-18(15-17)27(29)30)26(13-4-12-25-14-11-23-16-25)22-24-19-7-1-2-8-20(19)31-22;/h1-3,5-11,14-16H,4,12-13H2;1H/b10-9+;. The van der Waals surface area contributed by atoms with Gasteiger partial charge in [0.1, 0.15) is 0 Å². The fourth-order valence-electron chi connectivity index (χ4n) is 3.11. The maximum atomic E-state index is 13.1. The third kappa shape index (κ3) is 5.57. The number of aromatic nitrogens is 3. The molecule has 0 aliphatic heterocycles. The van der Waals surface area contributed by atoms with E-state index in [-0.39, 0.29) is 24.0 Å². The van der Waals surface area contributed by atoms with E-state index in [0.29, 0.717) is 17.2 Å². The van der Waals surface area contributed by atoms with Crippen molar-refractivity contribution in [2.75, 3.05) is 11.4 Å². The highest BCUT2D eigenvalue weighted by Gasteiger charge is 2.17. The average Bonchev–Trinajstić information content (AvgIpc) is 3.45. The summed E-state index contributed by atoms with van der Waals surface area (Å²) in [5, 5.41) is 11.6. The summed E-state index contributed by atoms with van der Waals surface area (Å²) in [6, 6.07) is 13.9. The van der Waals surface area contributed by atoms with Gasteiger partial charge < -0.3 is 4.57 Å². The van der Waals surface area contributed by atoms with Gasteiger partial charge in [0.25, 0.3) is 11.6 Å². The van der Waals surface area contributed by atoms with Gasteiger partial charge >= 0.3 is 0 Å². The number of carbonyl (C=O) groups excluding carboxylic acids is 1. The van der Waals surface area contributed by atoms with Gasteiger partial charge in [0.05, 0.1) is 21.5 Å². The number of anilines is 1. The number of rotatable bonds is 8. The first-order valence-corrected chi connectivity index (χ1v) is 10.5. The number of benzene rings is 2. The lowest BCUT2D eigenvalue weighted by Gasteiger charge is -2.18. The number of non-ortho nitro benzene ring substituents is 1. The predicted octanol–water partition coefficient (Wildman–Crippen LogP) is 4.96. The maximum absolute atomic E-state index is 13.1. The van der Waals surface area contributed by atoms with E-state index < -0.39 is 4.92 Å². The Morgan fingerprint density at radius 1 is 1.22 bits per heavy atom. The smallest absolute Gasteiger partial charge is 0.270 e. The van der Waals surface area contributed by atoms with Crippen molar-refractivity contribution in [2.45, 2.75) is 13.0 Å². The van der Waals surface area contributed by atoms with Crippen molar-refractivity contribution in [1.82, 2.24) is 14.5 Å². The van der Waals surface area contributed by atoms with Gasteiger partial charge in [-0.05, 0) is 30.2 Å². The number of halogens is 1. The van der Waals surface area contributed by atoms with Crippen LogP contribution < -0.4 is 4.90 Å². The van der Waals surface area contributed by atoms with E-state index in [2.05, 4.69) is 9.97 Å².